The first-order valence-electron chi connectivity index (χ1n) is 24.9. The number of phosphoric ester groups is 1. The Labute approximate surface area is 386 Å². The van der Waals surface area contributed by atoms with E-state index < -0.39 is 50.6 Å². The molecule has 2 rings (SSSR count). The molecule has 1 saturated carbocycles. The summed E-state index contributed by atoms with van der Waals surface area (Å²) in [6.45, 7) is 8.35. The Morgan fingerprint density at radius 2 is 1.33 bits per heavy atom. The quantitative estimate of drug-likeness (QED) is 0.0188. The van der Waals surface area contributed by atoms with Gasteiger partial charge in [0.1, 0.15) is 37.1 Å². The molecule has 1 aromatic rings. The van der Waals surface area contributed by atoms with E-state index in [-0.39, 0.29) is 44.2 Å². The number of allylic oxidation sites excluding steroid dienone is 1. The number of unbranched alkanes of at least 4 members (excludes halogenated alkanes) is 14. The van der Waals surface area contributed by atoms with Gasteiger partial charge < -0.3 is 33.5 Å². The van der Waals surface area contributed by atoms with Crippen LogP contribution in [0.2, 0.25) is 0 Å². The number of rotatable bonds is 38. The monoisotopic (exact) mass is 927 g/mol. The van der Waals surface area contributed by atoms with E-state index in [0.717, 1.165) is 108 Å². The van der Waals surface area contributed by atoms with E-state index in [1.807, 2.05) is 21.1 Å². The molecule has 370 valence electrons. The first kappa shape index (κ1) is 57.7. The smallest absolute Gasteiger partial charge is 0.466 e. The Balaban J connectivity index is 1.72. The fraction of sp³-hybridized carbons (Fsp3) is 0.820. The van der Waals surface area contributed by atoms with Gasteiger partial charge in [-0.05, 0) is 69.4 Å². The number of aliphatic hydroxyl groups excluding tert-OH is 2. The topological polar surface area (TPSA) is 179 Å². The third-order valence-corrected chi connectivity index (χ3v) is 13.4. The van der Waals surface area contributed by atoms with Crippen molar-refractivity contribution in [1.29, 1.82) is 0 Å². The zero-order valence-electron chi connectivity index (χ0n) is 41.0. The van der Waals surface area contributed by atoms with Gasteiger partial charge in [0.25, 0.3) is 0 Å². The Bertz CT molecular complexity index is 1540. The molecule has 1 aliphatic carbocycles. The number of aliphatic hydroxyl groups is 2. The number of aryl methyl sites for hydroxylation is 2. The predicted molar refractivity (Wildman–Crippen MR) is 252 cm³/mol. The average molecular weight is 927 g/mol. The van der Waals surface area contributed by atoms with Gasteiger partial charge in [-0.2, -0.15) is 0 Å². The molecule has 1 aromatic heterocycles. The number of esters is 2. The van der Waals surface area contributed by atoms with E-state index in [1.165, 1.54) is 30.4 Å². The molecule has 1 fully saturated rings. The number of furan rings is 1. The van der Waals surface area contributed by atoms with Gasteiger partial charge in [-0.15, -0.1) is 0 Å². The molecule has 0 aromatic carbocycles. The number of Topliss-reactive ketones (excluding diaryl/α,β-unsaturated/α-hetero) is 1. The van der Waals surface area contributed by atoms with Gasteiger partial charge in [0, 0.05) is 38.0 Å². The first-order chi connectivity index (χ1) is 30.5. The third kappa shape index (κ3) is 25.5. The Kier molecular flexibility index (Phi) is 29.2. The molecule has 0 aliphatic heterocycles. The summed E-state index contributed by atoms with van der Waals surface area (Å²) < 4.78 is 40.7. The molecule has 0 amide bonds. The van der Waals surface area contributed by atoms with Crippen LogP contribution in [-0.4, -0.2) is 103 Å². The minimum atomic E-state index is -4.45. The van der Waals surface area contributed by atoms with Crippen LogP contribution in [0.3, 0.4) is 0 Å². The zero-order chi connectivity index (χ0) is 47.4. The molecule has 0 radical (unpaired) electrons. The van der Waals surface area contributed by atoms with Crippen LogP contribution in [-0.2, 0) is 50.3 Å². The molecule has 0 spiro atoms. The molecule has 6 atom stereocenters. The predicted octanol–water partition coefficient (Wildman–Crippen LogP) is 10.4. The molecule has 3 N–H and O–H groups in total. The second-order valence-corrected chi connectivity index (χ2v) is 20.7. The summed E-state index contributed by atoms with van der Waals surface area (Å²) in [5.41, 5.74) is 2.63. The maximum atomic E-state index is 12.8. The van der Waals surface area contributed by atoms with Crippen molar-refractivity contribution in [2.45, 2.75) is 207 Å². The molecule has 64 heavy (non-hydrogen) atoms. The number of likely N-dealkylation sites (N-methyl/N-ethyl adjacent to an activating group) is 1. The van der Waals surface area contributed by atoms with Crippen LogP contribution in [0.4, 0.5) is 0 Å². The van der Waals surface area contributed by atoms with E-state index in [4.69, 9.17) is 22.9 Å². The van der Waals surface area contributed by atoms with Crippen molar-refractivity contribution in [2.75, 3.05) is 47.5 Å². The summed E-state index contributed by atoms with van der Waals surface area (Å²) >= 11 is 0. The van der Waals surface area contributed by atoms with Crippen LogP contribution >= 0.6 is 7.82 Å². The number of hydrogen-bond acceptors (Lipinski definition) is 11. The molecule has 1 heterocycles. The summed E-state index contributed by atoms with van der Waals surface area (Å²) in [6.07, 6.45) is 22.7. The molecule has 13 nitrogen and oxygen atoms in total. The van der Waals surface area contributed by atoms with Crippen molar-refractivity contribution in [3.63, 3.8) is 0 Å². The number of quaternary nitrogens is 1. The largest absolute Gasteiger partial charge is 0.472 e. The maximum Gasteiger partial charge on any atom is 0.472 e. The lowest BCUT2D eigenvalue weighted by atomic mass is 9.88. The Morgan fingerprint density at radius 3 is 1.94 bits per heavy atom. The molecular formula is C50H89NO12P+. The highest BCUT2D eigenvalue weighted by atomic mass is 31.2. The number of hydrogen-bond donors (Lipinski definition) is 3. The normalized spacial score (nSPS) is 18.7. The van der Waals surface area contributed by atoms with E-state index in [9.17, 15) is 34.1 Å². The summed E-state index contributed by atoms with van der Waals surface area (Å²) in [7, 11) is 1.33. The molecule has 0 bridgehead atoms. The van der Waals surface area contributed by atoms with Crippen molar-refractivity contribution in [2.24, 2.45) is 11.8 Å². The summed E-state index contributed by atoms with van der Waals surface area (Å²) in [5, 5.41) is 20.8. The van der Waals surface area contributed by atoms with E-state index in [0.29, 0.717) is 36.7 Å². The van der Waals surface area contributed by atoms with Gasteiger partial charge in [-0.3, -0.25) is 23.4 Å². The van der Waals surface area contributed by atoms with Gasteiger partial charge in [-0.25, -0.2) is 4.57 Å². The van der Waals surface area contributed by atoms with Crippen molar-refractivity contribution >= 4 is 25.5 Å². The molecule has 14 heteroatoms. The highest BCUT2D eigenvalue weighted by Gasteiger charge is 2.39. The van der Waals surface area contributed by atoms with Crippen LogP contribution in [0.15, 0.2) is 16.6 Å². The second-order valence-electron chi connectivity index (χ2n) is 19.2. The van der Waals surface area contributed by atoms with Crippen molar-refractivity contribution in [1.82, 2.24) is 0 Å². The molecule has 0 saturated heterocycles. The molecule has 1 aliphatic rings. The highest BCUT2D eigenvalue weighted by molar-refractivity contribution is 7.47. The minimum Gasteiger partial charge on any atom is -0.466 e. The van der Waals surface area contributed by atoms with Crippen molar-refractivity contribution in [3.8, 4) is 0 Å². The second kappa shape index (κ2) is 32.3. The lowest BCUT2D eigenvalue weighted by Crippen LogP contribution is -2.37. The van der Waals surface area contributed by atoms with Crippen LogP contribution < -0.4 is 0 Å². The average Bonchev–Trinajstić information content (AvgIpc) is 3.66. The van der Waals surface area contributed by atoms with Crippen LogP contribution in [0.5, 0.6) is 0 Å². The number of phosphoric acid groups is 1. The van der Waals surface area contributed by atoms with Gasteiger partial charge in [0.15, 0.2) is 6.10 Å². The van der Waals surface area contributed by atoms with Crippen molar-refractivity contribution in [3.05, 3.63) is 34.8 Å². The number of carbonyl (C=O) groups excluding carboxylic acids is 3. The summed E-state index contributed by atoms with van der Waals surface area (Å²) in [6, 6.07) is 0. The SMILES string of the molecule is CCCCCc1oc(CCCCCCCCCCC(=O)O[C@H](COC(=O)CCCCCC[C@H]2[C@@H](O)CC(=O)[C@@H]2/C=C/[C@@H](O)CCCCC)COP(=O)(O)OCC[N+](C)(C)C)c(C)c1C. The molecular weight excluding hydrogens is 838 g/mol. The van der Waals surface area contributed by atoms with Crippen LogP contribution in [0, 0.1) is 25.7 Å². The van der Waals surface area contributed by atoms with Gasteiger partial charge in [-0.1, -0.05) is 116 Å². The van der Waals surface area contributed by atoms with Crippen molar-refractivity contribution < 1.29 is 61.5 Å². The fourth-order valence-corrected chi connectivity index (χ4v) is 8.90. The van der Waals surface area contributed by atoms with Crippen LogP contribution in [0.1, 0.15) is 184 Å². The third-order valence-electron chi connectivity index (χ3n) is 12.4. The highest BCUT2D eigenvalue weighted by Crippen LogP contribution is 2.43. The van der Waals surface area contributed by atoms with Gasteiger partial charge in [0.05, 0.1) is 40.0 Å². The van der Waals surface area contributed by atoms with E-state index in [2.05, 4.69) is 27.7 Å². The van der Waals surface area contributed by atoms with Gasteiger partial charge >= 0.3 is 19.8 Å². The summed E-state index contributed by atoms with van der Waals surface area (Å²) in [4.78, 5) is 48.4. The lowest BCUT2D eigenvalue weighted by molar-refractivity contribution is -0.870. The number of ether oxygens (including phenoxy) is 2. The fourth-order valence-electron chi connectivity index (χ4n) is 8.16. The number of carbonyl (C=O) groups is 3. The van der Waals surface area contributed by atoms with E-state index >= 15 is 0 Å². The zero-order valence-corrected chi connectivity index (χ0v) is 41.9. The lowest BCUT2D eigenvalue weighted by Gasteiger charge is -2.24. The summed E-state index contributed by atoms with van der Waals surface area (Å²) in [5.74, 6) is 0.766. The number of nitrogens with zero attached hydrogens (tertiary/aromatic N) is 1. The minimum absolute atomic E-state index is 0.00621. The first-order valence-corrected chi connectivity index (χ1v) is 26.4. The Hall–Kier alpha value is -2.38. The Morgan fingerprint density at radius 1 is 0.781 bits per heavy atom. The molecule has 1 unspecified atom stereocenters. The standard InChI is InChI=1S/C50H88NO12P/c1-8-10-20-26-41(52)32-33-44-43(45(53)36-46(44)54)27-22-18-19-24-30-49(55)59-37-42(38-61-64(57,58)60-35-34-51(5,6)7)62-50(56)31-25-17-15-13-12-14-16-23-29-48-40(4)39(3)47(63-48)28-21-11-9-2/h32-33,41-45,52-53H,8-31,34-38H2,1-7H3/p+1/b33-32+/t41-,42+,43+,44+,45-/m0/s1. The number of ketones is 1. The van der Waals surface area contributed by atoms with Crippen LogP contribution in [0.25, 0.3) is 0 Å². The maximum absolute atomic E-state index is 12.8. The van der Waals surface area contributed by atoms with Gasteiger partial charge in [0.2, 0.25) is 0 Å². The van der Waals surface area contributed by atoms with E-state index in [1.54, 1.807) is 12.2 Å².